The fourth-order valence-electron chi connectivity index (χ4n) is 0.797. The zero-order valence-corrected chi connectivity index (χ0v) is 11.2. The fraction of sp³-hybridized carbons (Fsp3) is 1.00. The highest BCUT2D eigenvalue weighted by Gasteiger charge is 2.75. The molecule has 0 aromatic carbocycles. The number of ether oxygens (including phenoxy) is 4. The molecule has 146 valence electrons. The summed E-state index contributed by atoms with van der Waals surface area (Å²) in [4.78, 5) is 0. The lowest BCUT2D eigenvalue weighted by Crippen LogP contribution is -2.58. The summed E-state index contributed by atoms with van der Waals surface area (Å²) in [5.74, 6) is 0. The molecule has 0 amide bonds. The van der Waals surface area contributed by atoms with Gasteiger partial charge in [-0.2, -0.15) is 52.7 Å². The minimum atomic E-state index is -6.92. The van der Waals surface area contributed by atoms with E-state index in [-0.39, 0.29) is 14.2 Å². The molecule has 0 radical (unpaired) electrons. The molecule has 0 aliphatic heterocycles. The van der Waals surface area contributed by atoms with Crippen LogP contribution in [0.3, 0.4) is 0 Å². The third-order valence-electron chi connectivity index (χ3n) is 2.04. The van der Waals surface area contributed by atoms with E-state index in [2.05, 4.69) is 9.47 Å². The van der Waals surface area contributed by atoms with Crippen molar-refractivity contribution in [2.24, 2.45) is 0 Å². The lowest BCUT2D eigenvalue weighted by Gasteiger charge is -2.34. The molecule has 0 fully saturated rings. The van der Waals surface area contributed by atoms with Crippen LogP contribution in [0.1, 0.15) is 0 Å². The van der Waals surface area contributed by atoms with Crippen LogP contribution in [-0.2, 0) is 18.9 Å². The Morgan fingerprint density at radius 3 is 0.708 bits per heavy atom. The molecule has 0 N–H and O–H groups in total. The Bertz CT molecular complexity index is 397. The van der Waals surface area contributed by atoms with Crippen molar-refractivity contribution in [1.29, 1.82) is 0 Å². The molecule has 0 atom stereocenters. The van der Waals surface area contributed by atoms with Gasteiger partial charge in [0.05, 0.1) is 0 Å². The summed E-state index contributed by atoms with van der Waals surface area (Å²) in [5, 5.41) is 0. The van der Waals surface area contributed by atoms with E-state index in [1.54, 1.807) is 9.47 Å². The molecule has 24 heavy (non-hydrogen) atoms. The third-order valence-corrected chi connectivity index (χ3v) is 2.04. The molecule has 0 aromatic heterocycles. The summed E-state index contributed by atoms with van der Waals surface area (Å²) < 4.78 is 160. The molecule has 0 aromatic rings. The van der Waals surface area contributed by atoms with Gasteiger partial charge in [0.25, 0.3) is 0 Å². The van der Waals surface area contributed by atoms with Crippen LogP contribution >= 0.6 is 0 Å². The van der Waals surface area contributed by atoms with Gasteiger partial charge >= 0.3 is 36.7 Å². The van der Waals surface area contributed by atoms with Crippen LogP contribution in [0.2, 0.25) is 0 Å². The van der Waals surface area contributed by atoms with Crippen LogP contribution in [-0.4, -0.2) is 50.9 Å². The first-order valence-corrected chi connectivity index (χ1v) is 5.06. The molecule has 4 nitrogen and oxygen atoms in total. The van der Waals surface area contributed by atoms with E-state index in [0.29, 0.717) is 0 Å². The Balaban J connectivity index is 5.55. The van der Waals surface area contributed by atoms with Gasteiger partial charge in [-0.15, -0.1) is 0 Å². The van der Waals surface area contributed by atoms with Gasteiger partial charge in [0.15, 0.2) is 0 Å². The minimum Gasteiger partial charge on any atom is -0.317 e. The Morgan fingerprint density at radius 2 is 0.542 bits per heavy atom. The molecular formula is C8H6F12O4. The molecule has 0 aliphatic carbocycles. The summed E-state index contributed by atoms with van der Waals surface area (Å²) in [7, 11) is -0.339. The average Bonchev–Trinajstić information content (AvgIpc) is 2.35. The van der Waals surface area contributed by atoms with Gasteiger partial charge in [0, 0.05) is 14.2 Å². The topological polar surface area (TPSA) is 36.9 Å². The SMILES string of the molecule is COC(F)(F)C(F)(F)OC(F)(F)C(F)(F)OC(F)(F)C(F)(F)OC. The quantitative estimate of drug-likeness (QED) is 0.557. The maximum atomic E-state index is 12.8. The Kier molecular flexibility index (Phi) is 6.11. The molecular weight excluding hydrogens is 388 g/mol. The summed E-state index contributed by atoms with van der Waals surface area (Å²) in [6.45, 7) is 0. The summed E-state index contributed by atoms with van der Waals surface area (Å²) in [6.07, 6.45) is -38.7. The molecule has 0 saturated heterocycles. The maximum absolute atomic E-state index is 12.8. The van der Waals surface area contributed by atoms with Crippen molar-refractivity contribution in [3.8, 4) is 0 Å². The third kappa shape index (κ3) is 4.34. The fourth-order valence-corrected chi connectivity index (χ4v) is 0.797. The van der Waals surface area contributed by atoms with Crippen molar-refractivity contribution >= 4 is 0 Å². The van der Waals surface area contributed by atoms with Crippen LogP contribution in [0.4, 0.5) is 52.7 Å². The van der Waals surface area contributed by atoms with E-state index in [9.17, 15) is 52.7 Å². The smallest absolute Gasteiger partial charge is 0.317 e. The monoisotopic (exact) mass is 394 g/mol. The van der Waals surface area contributed by atoms with Crippen LogP contribution < -0.4 is 0 Å². The molecule has 0 unspecified atom stereocenters. The standard InChI is InChI=1S/C8H6F12O4/c1-21-3(9,10)5(13,14)23-7(17,18)8(19,20)24-6(15,16)4(11,12)22-2/h1-2H3. The summed E-state index contributed by atoms with van der Waals surface area (Å²) >= 11 is 0. The summed E-state index contributed by atoms with van der Waals surface area (Å²) in [5.41, 5.74) is 0. The predicted molar refractivity (Wildman–Crippen MR) is 45.9 cm³/mol. The molecule has 0 bridgehead atoms. The van der Waals surface area contributed by atoms with Gasteiger partial charge in [-0.3, -0.25) is 0 Å². The molecule has 0 heterocycles. The van der Waals surface area contributed by atoms with Crippen molar-refractivity contribution in [2.75, 3.05) is 14.2 Å². The first-order chi connectivity index (χ1) is 10.3. The number of halogens is 12. The minimum absolute atomic E-state index is 0.169. The lowest BCUT2D eigenvalue weighted by molar-refractivity contribution is -0.562. The van der Waals surface area contributed by atoms with E-state index < -0.39 is 36.7 Å². The van der Waals surface area contributed by atoms with Crippen molar-refractivity contribution in [3.63, 3.8) is 0 Å². The van der Waals surface area contributed by atoms with Gasteiger partial charge in [0.2, 0.25) is 0 Å². The largest absolute Gasteiger partial charge is 0.453 e. The molecule has 0 aliphatic rings. The summed E-state index contributed by atoms with van der Waals surface area (Å²) in [6, 6.07) is 0. The van der Waals surface area contributed by atoms with E-state index in [1.807, 2.05) is 0 Å². The zero-order valence-electron chi connectivity index (χ0n) is 11.2. The van der Waals surface area contributed by atoms with E-state index in [4.69, 9.17) is 0 Å². The number of hydrogen-bond donors (Lipinski definition) is 0. The van der Waals surface area contributed by atoms with Crippen LogP contribution in [0, 0.1) is 0 Å². The highest BCUT2D eigenvalue weighted by molar-refractivity contribution is 4.77. The second-order valence-corrected chi connectivity index (χ2v) is 3.71. The molecule has 0 spiro atoms. The van der Waals surface area contributed by atoms with E-state index in [1.165, 1.54) is 0 Å². The Hall–Kier alpha value is -1.00. The Morgan fingerprint density at radius 1 is 0.375 bits per heavy atom. The molecule has 0 saturated carbocycles. The number of hydrogen-bond acceptors (Lipinski definition) is 4. The highest BCUT2D eigenvalue weighted by Crippen LogP contribution is 2.49. The molecule has 0 rings (SSSR count). The lowest BCUT2D eigenvalue weighted by atomic mass is 10.5. The highest BCUT2D eigenvalue weighted by atomic mass is 19.4. The number of rotatable bonds is 9. The van der Waals surface area contributed by atoms with Gasteiger partial charge in [-0.05, 0) is 0 Å². The van der Waals surface area contributed by atoms with Crippen LogP contribution in [0.5, 0.6) is 0 Å². The van der Waals surface area contributed by atoms with Crippen LogP contribution in [0.25, 0.3) is 0 Å². The Labute approximate surface area is 124 Å². The first-order valence-electron chi connectivity index (χ1n) is 5.06. The van der Waals surface area contributed by atoms with Crippen molar-refractivity contribution in [3.05, 3.63) is 0 Å². The van der Waals surface area contributed by atoms with Crippen molar-refractivity contribution < 1.29 is 71.6 Å². The van der Waals surface area contributed by atoms with Gasteiger partial charge in [-0.1, -0.05) is 0 Å². The second-order valence-electron chi connectivity index (χ2n) is 3.71. The normalized spacial score (nSPS) is 15.8. The van der Waals surface area contributed by atoms with E-state index in [0.717, 1.165) is 0 Å². The number of alkyl halides is 12. The van der Waals surface area contributed by atoms with Gasteiger partial charge in [0.1, 0.15) is 0 Å². The van der Waals surface area contributed by atoms with Crippen molar-refractivity contribution in [2.45, 2.75) is 36.7 Å². The first kappa shape index (κ1) is 23.0. The van der Waals surface area contributed by atoms with E-state index >= 15 is 0 Å². The van der Waals surface area contributed by atoms with Crippen molar-refractivity contribution in [1.82, 2.24) is 0 Å². The molecule has 16 heteroatoms. The van der Waals surface area contributed by atoms with Crippen LogP contribution in [0.15, 0.2) is 0 Å². The van der Waals surface area contributed by atoms with Gasteiger partial charge in [-0.25, -0.2) is 9.47 Å². The average molecular weight is 394 g/mol. The maximum Gasteiger partial charge on any atom is 0.453 e. The number of methoxy groups -OCH3 is 2. The van der Waals surface area contributed by atoms with Gasteiger partial charge < -0.3 is 9.47 Å². The zero-order chi connectivity index (χ0) is 19.8. The second kappa shape index (κ2) is 6.38. The predicted octanol–water partition coefficient (Wildman–Crippen LogP) is 3.87.